The Morgan fingerprint density at radius 3 is 2.57 bits per heavy atom. The van der Waals surface area contributed by atoms with Crippen molar-refractivity contribution in [2.75, 3.05) is 58.4 Å². The van der Waals surface area contributed by atoms with Crippen molar-refractivity contribution >= 4 is 9.84 Å². The summed E-state index contributed by atoms with van der Waals surface area (Å²) in [5.74, 6) is 3.04. The van der Waals surface area contributed by atoms with E-state index in [0.717, 1.165) is 44.7 Å². The summed E-state index contributed by atoms with van der Waals surface area (Å²) in [7, 11) is 0.357. The number of sulfone groups is 1. The first kappa shape index (κ1) is 21.1. The summed E-state index contributed by atoms with van der Waals surface area (Å²) >= 11 is 0. The fourth-order valence-electron chi connectivity index (χ4n) is 4.12. The van der Waals surface area contributed by atoms with Crippen LogP contribution in [0, 0.1) is 0 Å². The predicted octanol–water partition coefficient (Wildman–Crippen LogP) is 1.10. The van der Waals surface area contributed by atoms with E-state index in [1.807, 2.05) is 18.2 Å². The SMILES string of the molecule is COc1ccc(-c2noc(CCN3CCN([C@H]4CCS(=O)(=O)C4)CC3)n2)cc1OC. The lowest BCUT2D eigenvalue weighted by atomic mass is 10.2. The van der Waals surface area contributed by atoms with E-state index in [9.17, 15) is 8.42 Å². The Kier molecular flexibility index (Phi) is 6.26. The summed E-state index contributed by atoms with van der Waals surface area (Å²) in [6.45, 7) is 4.49. The lowest BCUT2D eigenvalue weighted by Gasteiger charge is -2.37. The van der Waals surface area contributed by atoms with Crippen molar-refractivity contribution in [3.8, 4) is 22.9 Å². The third-order valence-corrected chi connectivity index (χ3v) is 7.63. The minimum atomic E-state index is -2.83. The molecule has 30 heavy (non-hydrogen) atoms. The van der Waals surface area contributed by atoms with Crippen LogP contribution in [0.5, 0.6) is 11.5 Å². The summed E-state index contributed by atoms with van der Waals surface area (Å²) in [6, 6.07) is 5.71. The lowest BCUT2D eigenvalue weighted by molar-refractivity contribution is 0.104. The Morgan fingerprint density at radius 2 is 1.90 bits per heavy atom. The monoisotopic (exact) mass is 436 g/mol. The van der Waals surface area contributed by atoms with E-state index in [4.69, 9.17) is 14.0 Å². The Labute approximate surface area is 176 Å². The van der Waals surface area contributed by atoms with Gasteiger partial charge < -0.3 is 18.9 Å². The van der Waals surface area contributed by atoms with Crippen LogP contribution < -0.4 is 9.47 Å². The van der Waals surface area contributed by atoms with E-state index in [0.29, 0.717) is 41.1 Å². The van der Waals surface area contributed by atoms with Crippen molar-refractivity contribution in [1.29, 1.82) is 0 Å². The first-order valence-corrected chi connectivity index (χ1v) is 12.0. The maximum atomic E-state index is 11.7. The van der Waals surface area contributed by atoms with Crippen LogP contribution >= 0.6 is 0 Å². The van der Waals surface area contributed by atoms with Gasteiger partial charge in [0, 0.05) is 50.7 Å². The average Bonchev–Trinajstić information content (AvgIpc) is 3.38. The fraction of sp³-hybridized carbons (Fsp3) is 0.600. The normalized spacial score (nSPS) is 22.3. The molecule has 2 aromatic rings. The number of piperazine rings is 1. The minimum Gasteiger partial charge on any atom is -0.493 e. The van der Waals surface area contributed by atoms with Gasteiger partial charge in [0.05, 0.1) is 25.7 Å². The maximum absolute atomic E-state index is 11.7. The molecule has 0 saturated carbocycles. The van der Waals surface area contributed by atoms with E-state index in [1.165, 1.54) is 0 Å². The van der Waals surface area contributed by atoms with Crippen LogP contribution in [0.25, 0.3) is 11.4 Å². The van der Waals surface area contributed by atoms with Gasteiger partial charge in [0.1, 0.15) is 0 Å². The van der Waals surface area contributed by atoms with Gasteiger partial charge in [-0.05, 0) is 24.6 Å². The number of methoxy groups -OCH3 is 2. The molecular weight excluding hydrogens is 408 g/mol. The Hall–Kier alpha value is -2.17. The molecule has 2 fully saturated rings. The van der Waals surface area contributed by atoms with Crippen LogP contribution in [0.4, 0.5) is 0 Å². The predicted molar refractivity (Wildman–Crippen MR) is 112 cm³/mol. The molecule has 2 aliphatic heterocycles. The highest BCUT2D eigenvalue weighted by Crippen LogP contribution is 2.31. The molecule has 164 valence electrons. The Morgan fingerprint density at radius 1 is 1.13 bits per heavy atom. The van der Waals surface area contributed by atoms with Crippen LogP contribution in [-0.4, -0.2) is 92.8 Å². The van der Waals surface area contributed by atoms with Crippen molar-refractivity contribution < 1.29 is 22.4 Å². The van der Waals surface area contributed by atoms with Crippen molar-refractivity contribution in [3.63, 3.8) is 0 Å². The second-order valence-electron chi connectivity index (χ2n) is 7.77. The largest absolute Gasteiger partial charge is 0.493 e. The number of hydrogen-bond acceptors (Lipinski definition) is 9. The van der Waals surface area contributed by atoms with E-state index < -0.39 is 9.84 Å². The van der Waals surface area contributed by atoms with Crippen molar-refractivity contribution in [3.05, 3.63) is 24.1 Å². The molecule has 10 heteroatoms. The lowest BCUT2D eigenvalue weighted by Crippen LogP contribution is -2.51. The van der Waals surface area contributed by atoms with Gasteiger partial charge in [0.25, 0.3) is 0 Å². The van der Waals surface area contributed by atoms with E-state index in [1.54, 1.807) is 14.2 Å². The molecule has 2 aliphatic rings. The number of benzene rings is 1. The van der Waals surface area contributed by atoms with E-state index >= 15 is 0 Å². The van der Waals surface area contributed by atoms with Gasteiger partial charge in [-0.3, -0.25) is 4.90 Å². The van der Waals surface area contributed by atoms with Gasteiger partial charge in [-0.1, -0.05) is 5.16 Å². The molecule has 0 amide bonds. The number of rotatable bonds is 7. The highest BCUT2D eigenvalue weighted by molar-refractivity contribution is 7.91. The summed E-state index contributed by atoms with van der Waals surface area (Å²) < 4.78 is 39.4. The zero-order valence-electron chi connectivity index (χ0n) is 17.4. The molecule has 0 bridgehead atoms. The van der Waals surface area contributed by atoms with Gasteiger partial charge in [0.2, 0.25) is 11.7 Å². The molecule has 0 spiro atoms. The van der Waals surface area contributed by atoms with Crippen LogP contribution in [0.1, 0.15) is 12.3 Å². The molecule has 1 atom stereocenters. The van der Waals surface area contributed by atoms with Crippen molar-refractivity contribution in [1.82, 2.24) is 19.9 Å². The average molecular weight is 437 g/mol. The van der Waals surface area contributed by atoms with Gasteiger partial charge in [-0.2, -0.15) is 4.98 Å². The number of nitrogens with zero attached hydrogens (tertiary/aromatic N) is 4. The molecule has 9 nitrogen and oxygen atoms in total. The second kappa shape index (κ2) is 8.91. The van der Waals surface area contributed by atoms with Gasteiger partial charge in [0.15, 0.2) is 21.3 Å². The minimum absolute atomic E-state index is 0.192. The van der Waals surface area contributed by atoms with Crippen molar-refractivity contribution in [2.45, 2.75) is 18.9 Å². The summed E-state index contributed by atoms with van der Waals surface area (Å²) in [5.41, 5.74) is 0.808. The third-order valence-electron chi connectivity index (χ3n) is 5.88. The molecular formula is C20H28N4O5S. The first-order chi connectivity index (χ1) is 14.5. The fourth-order valence-corrected chi connectivity index (χ4v) is 5.88. The quantitative estimate of drug-likeness (QED) is 0.632. The summed E-state index contributed by atoms with van der Waals surface area (Å²) in [4.78, 5) is 9.20. The molecule has 4 rings (SSSR count). The first-order valence-electron chi connectivity index (χ1n) is 10.2. The van der Waals surface area contributed by atoms with E-state index in [2.05, 4.69) is 19.9 Å². The van der Waals surface area contributed by atoms with Gasteiger partial charge in [-0.25, -0.2) is 8.42 Å². The molecule has 0 unspecified atom stereocenters. The smallest absolute Gasteiger partial charge is 0.228 e. The molecule has 2 saturated heterocycles. The number of aromatic nitrogens is 2. The highest BCUT2D eigenvalue weighted by Gasteiger charge is 2.33. The second-order valence-corrected chi connectivity index (χ2v) is 9.99. The maximum Gasteiger partial charge on any atom is 0.228 e. The van der Waals surface area contributed by atoms with E-state index in [-0.39, 0.29) is 6.04 Å². The summed E-state index contributed by atoms with van der Waals surface area (Å²) in [5, 5.41) is 4.09. The number of ether oxygens (including phenoxy) is 2. The molecule has 0 N–H and O–H groups in total. The Balaban J connectivity index is 1.28. The number of hydrogen-bond donors (Lipinski definition) is 0. The molecule has 0 aliphatic carbocycles. The molecule has 1 aromatic carbocycles. The van der Waals surface area contributed by atoms with Gasteiger partial charge >= 0.3 is 0 Å². The molecule has 1 aromatic heterocycles. The zero-order valence-corrected chi connectivity index (χ0v) is 18.2. The summed E-state index contributed by atoms with van der Waals surface area (Å²) in [6.07, 6.45) is 1.45. The highest BCUT2D eigenvalue weighted by atomic mass is 32.2. The molecule has 3 heterocycles. The Bertz CT molecular complexity index is 969. The van der Waals surface area contributed by atoms with Crippen molar-refractivity contribution in [2.24, 2.45) is 0 Å². The molecule has 0 radical (unpaired) electrons. The third kappa shape index (κ3) is 4.76. The standard InChI is InChI=1S/C20H28N4O5S/c1-27-17-4-3-15(13-18(17)28-2)20-21-19(29-22-20)5-7-23-8-10-24(11-9-23)16-6-12-30(25,26)14-16/h3-4,13,16H,5-12,14H2,1-2H3/t16-/m0/s1. The van der Waals surface area contributed by atoms with Crippen LogP contribution in [0.2, 0.25) is 0 Å². The zero-order chi connectivity index (χ0) is 21.1. The van der Waals surface area contributed by atoms with Gasteiger partial charge in [-0.15, -0.1) is 0 Å². The topological polar surface area (TPSA) is 98.0 Å². The van der Waals surface area contributed by atoms with Crippen LogP contribution in [0.3, 0.4) is 0 Å². The van der Waals surface area contributed by atoms with Crippen LogP contribution in [-0.2, 0) is 16.3 Å². The van der Waals surface area contributed by atoms with Crippen LogP contribution in [0.15, 0.2) is 22.7 Å².